The van der Waals surface area contributed by atoms with Crippen LogP contribution in [0.25, 0.3) is 10.9 Å². The standard InChI is InChI=1S/C22H32N4O/c23-22(27)18(15-17-5-2-1-3-6-17)16-25-11-13-26(14-12-25)21-8-4-7-20-19(21)9-10-24-20/h4,7-10,17-18,24H,1-3,5-6,11-16H2,(H2,23,27)/t18-/m1/s1. The number of nitrogens with two attached hydrogens (primary N) is 1. The van der Waals surface area contributed by atoms with E-state index in [4.69, 9.17) is 5.73 Å². The van der Waals surface area contributed by atoms with E-state index < -0.39 is 0 Å². The second-order valence-corrected chi connectivity index (χ2v) is 8.34. The SMILES string of the molecule is NC(=O)[C@H](CC1CCCCC1)CN1CCN(c2cccc3[nH]ccc23)CC1. The van der Waals surface area contributed by atoms with Gasteiger partial charge in [-0.3, -0.25) is 9.69 Å². The molecule has 3 N–H and O–H groups in total. The number of H-pyrrole nitrogens is 1. The summed E-state index contributed by atoms with van der Waals surface area (Å²) < 4.78 is 0. The molecule has 5 nitrogen and oxygen atoms in total. The van der Waals surface area contributed by atoms with Crippen molar-refractivity contribution < 1.29 is 4.79 Å². The Balaban J connectivity index is 1.34. The number of amides is 1. The Hall–Kier alpha value is -2.01. The summed E-state index contributed by atoms with van der Waals surface area (Å²) in [5.41, 5.74) is 8.26. The van der Waals surface area contributed by atoms with E-state index in [1.807, 2.05) is 6.20 Å². The van der Waals surface area contributed by atoms with Gasteiger partial charge in [-0.15, -0.1) is 0 Å². The lowest BCUT2D eigenvalue weighted by atomic mass is 9.82. The van der Waals surface area contributed by atoms with Crippen LogP contribution in [-0.2, 0) is 4.79 Å². The minimum atomic E-state index is -0.111. The van der Waals surface area contributed by atoms with Crippen LogP contribution in [0.4, 0.5) is 5.69 Å². The number of hydrogen-bond acceptors (Lipinski definition) is 3. The molecule has 5 heteroatoms. The second kappa shape index (κ2) is 8.34. The highest BCUT2D eigenvalue weighted by atomic mass is 16.1. The molecule has 2 aliphatic rings. The van der Waals surface area contributed by atoms with Gasteiger partial charge in [0.15, 0.2) is 0 Å². The maximum atomic E-state index is 12.0. The van der Waals surface area contributed by atoms with Crippen molar-refractivity contribution in [2.24, 2.45) is 17.6 Å². The summed E-state index contributed by atoms with van der Waals surface area (Å²) in [5, 5.41) is 1.29. The summed E-state index contributed by atoms with van der Waals surface area (Å²) in [4.78, 5) is 20.2. The third-order valence-corrected chi connectivity index (χ3v) is 6.51. The van der Waals surface area contributed by atoms with Crippen molar-refractivity contribution in [1.82, 2.24) is 9.88 Å². The van der Waals surface area contributed by atoms with Gasteiger partial charge < -0.3 is 15.6 Å². The van der Waals surface area contributed by atoms with Crippen LogP contribution in [0.1, 0.15) is 38.5 Å². The molecule has 0 spiro atoms. The van der Waals surface area contributed by atoms with Gasteiger partial charge in [-0.1, -0.05) is 38.2 Å². The van der Waals surface area contributed by atoms with E-state index in [0.717, 1.165) is 39.1 Å². The smallest absolute Gasteiger partial charge is 0.221 e. The molecule has 1 aromatic carbocycles. The number of piperazine rings is 1. The monoisotopic (exact) mass is 368 g/mol. The zero-order valence-corrected chi connectivity index (χ0v) is 16.2. The van der Waals surface area contributed by atoms with Crippen LogP contribution >= 0.6 is 0 Å². The fraction of sp³-hybridized carbons (Fsp3) is 0.591. The van der Waals surface area contributed by atoms with Gasteiger partial charge >= 0.3 is 0 Å². The van der Waals surface area contributed by atoms with Crippen molar-refractivity contribution in [3.05, 3.63) is 30.5 Å². The zero-order chi connectivity index (χ0) is 18.6. The Kier molecular flexibility index (Phi) is 5.67. The van der Waals surface area contributed by atoms with Crippen LogP contribution < -0.4 is 10.6 Å². The largest absolute Gasteiger partial charge is 0.369 e. The van der Waals surface area contributed by atoms with Crippen LogP contribution in [0.2, 0.25) is 0 Å². The Labute approximate surface area is 161 Å². The number of benzene rings is 1. The summed E-state index contributed by atoms with van der Waals surface area (Å²) in [6.45, 7) is 4.82. The number of nitrogens with one attached hydrogen (secondary N) is 1. The van der Waals surface area contributed by atoms with Gasteiger partial charge in [-0.05, 0) is 30.5 Å². The van der Waals surface area contributed by atoms with Gasteiger partial charge in [0.25, 0.3) is 0 Å². The number of hydrogen-bond donors (Lipinski definition) is 2. The van der Waals surface area contributed by atoms with E-state index in [1.165, 1.54) is 48.7 Å². The predicted molar refractivity (Wildman–Crippen MR) is 111 cm³/mol. The summed E-state index contributed by atoms with van der Waals surface area (Å²) in [7, 11) is 0. The molecule has 0 bridgehead atoms. The molecule has 27 heavy (non-hydrogen) atoms. The van der Waals surface area contributed by atoms with Gasteiger partial charge in [0.1, 0.15) is 0 Å². The number of anilines is 1. The second-order valence-electron chi connectivity index (χ2n) is 8.34. The van der Waals surface area contributed by atoms with Gasteiger partial charge in [0, 0.05) is 55.5 Å². The highest BCUT2D eigenvalue weighted by Gasteiger charge is 2.27. The first-order chi connectivity index (χ1) is 13.2. The van der Waals surface area contributed by atoms with Crippen LogP contribution in [0.3, 0.4) is 0 Å². The third kappa shape index (κ3) is 4.29. The number of carbonyl (C=O) groups is 1. The first-order valence-corrected chi connectivity index (χ1v) is 10.5. The molecule has 1 atom stereocenters. The number of rotatable bonds is 6. The molecule has 1 saturated carbocycles. The molecular weight excluding hydrogens is 336 g/mol. The summed E-state index contributed by atoms with van der Waals surface area (Å²) in [6, 6.07) is 8.61. The van der Waals surface area contributed by atoms with Crippen LogP contribution in [0.15, 0.2) is 30.5 Å². The first-order valence-electron chi connectivity index (χ1n) is 10.5. The van der Waals surface area contributed by atoms with Gasteiger partial charge in [0.2, 0.25) is 5.91 Å². The Bertz CT molecular complexity index is 757. The molecule has 2 aromatic rings. The molecule has 4 rings (SSSR count). The Morgan fingerprint density at radius 3 is 2.63 bits per heavy atom. The molecular formula is C22H32N4O. The van der Waals surface area contributed by atoms with Gasteiger partial charge in [0.05, 0.1) is 5.92 Å². The number of carbonyl (C=O) groups excluding carboxylic acids is 1. The van der Waals surface area contributed by atoms with Crippen molar-refractivity contribution >= 4 is 22.5 Å². The number of fused-ring (bicyclic) bond motifs is 1. The third-order valence-electron chi connectivity index (χ3n) is 6.51. The number of nitrogens with zero attached hydrogens (tertiary/aromatic N) is 2. The van der Waals surface area contributed by atoms with E-state index in [2.05, 4.69) is 39.0 Å². The van der Waals surface area contributed by atoms with E-state index in [-0.39, 0.29) is 11.8 Å². The summed E-state index contributed by atoms with van der Waals surface area (Å²) in [6.07, 6.45) is 9.54. The molecule has 146 valence electrons. The fourth-order valence-electron chi connectivity index (χ4n) is 4.93. The van der Waals surface area contributed by atoms with Gasteiger partial charge in [-0.25, -0.2) is 0 Å². The number of aromatic nitrogens is 1. The molecule has 1 saturated heterocycles. The Morgan fingerprint density at radius 2 is 1.89 bits per heavy atom. The summed E-state index contributed by atoms with van der Waals surface area (Å²) in [5.74, 6) is 0.594. The lowest BCUT2D eigenvalue weighted by molar-refractivity contribution is -0.123. The zero-order valence-electron chi connectivity index (χ0n) is 16.2. The lowest BCUT2D eigenvalue weighted by Gasteiger charge is -2.38. The first kappa shape index (κ1) is 18.4. The number of primary amides is 1. The van der Waals surface area contributed by atoms with Gasteiger partial charge in [-0.2, -0.15) is 0 Å². The number of aromatic amines is 1. The van der Waals surface area contributed by atoms with E-state index in [0.29, 0.717) is 5.92 Å². The van der Waals surface area contributed by atoms with Crippen LogP contribution in [-0.4, -0.2) is 48.5 Å². The normalized spacial score (nSPS) is 20.8. The average molecular weight is 369 g/mol. The minimum absolute atomic E-state index is 0.00718. The molecule has 1 aliphatic carbocycles. The molecule has 0 radical (unpaired) electrons. The maximum absolute atomic E-state index is 12.0. The van der Waals surface area contributed by atoms with Crippen molar-refractivity contribution in [2.75, 3.05) is 37.6 Å². The fourth-order valence-corrected chi connectivity index (χ4v) is 4.93. The average Bonchev–Trinajstić information content (AvgIpc) is 3.18. The van der Waals surface area contributed by atoms with Crippen molar-refractivity contribution in [1.29, 1.82) is 0 Å². The lowest BCUT2D eigenvalue weighted by Crippen LogP contribution is -2.49. The quantitative estimate of drug-likeness (QED) is 0.822. The molecule has 2 fully saturated rings. The van der Waals surface area contributed by atoms with Crippen LogP contribution in [0, 0.1) is 11.8 Å². The topological polar surface area (TPSA) is 65.4 Å². The van der Waals surface area contributed by atoms with Crippen molar-refractivity contribution in [3.63, 3.8) is 0 Å². The van der Waals surface area contributed by atoms with Crippen molar-refractivity contribution in [2.45, 2.75) is 38.5 Å². The summed E-state index contributed by atoms with van der Waals surface area (Å²) >= 11 is 0. The highest BCUT2D eigenvalue weighted by Crippen LogP contribution is 2.30. The van der Waals surface area contributed by atoms with E-state index >= 15 is 0 Å². The molecule has 0 unspecified atom stereocenters. The molecule has 1 aromatic heterocycles. The van der Waals surface area contributed by atoms with E-state index in [1.54, 1.807) is 0 Å². The molecule has 2 heterocycles. The van der Waals surface area contributed by atoms with E-state index in [9.17, 15) is 4.79 Å². The molecule has 1 aliphatic heterocycles. The maximum Gasteiger partial charge on any atom is 0.221 e. The van der Waals surface area contributed by atoms with Crippen LogP contribution in [0.5, 0.6) is 0 Å². The highest BCUT2D eigenvalue weighted by molar-refractivity contribution is 5.92. The minimum Gasteiger partial charge on any atom is -0.369 e. The van der Waals surface area contributed by atoms with Crippen molar-refractivity contribution in [3.8, 4) is 0 Å². The predicted octanol–water partition coefficient (Wildman–Crippen LogP) is 3.36. The Morgan fingerprint density at radius 1 is 1.11 bits per heavy atom. The molecule has 1 amide bonds.